The number of para-hydroxylation sites is 1. The van der Waals surface area contributed by atoms with Crippen molar-refractivity contribution in [2.45, 2.75) is 13.3 Å². The summed E-state index contributed by atoms with van der Waals surface area (Å²) in [6.07, 6.45) is -0.392. The molecule has 3 aromatic rings. The van der Waals surface area contributed by atoms with E-state index in [4.69, 9.17) is 11.6 Å². The third-order valence-corrected chi connectivity index (χ3v) is 5.31. The predicted octanol–water partition coefficient (Wildman–Crippen LogP) is 4.15. The van der Waals surface area contributed by atoms with E-state index in [0.717, 1.165) is 20.1 Å². The molecule has 0 atom stereocenters. The molecule has 2 heterocycles. The first kappa shape index (κ1) is 16.7. The second-order valence-corrected chi connectivity index (χ2v) is 7.26. The van der Waals surface area contributed by atoms with Gasteiger partial charge in [-0.2, -0.15) is 0 Å². The van der Waals surface area contributed by atoms with Crippen LogP contribution in [-0.4, -0.2) is 22.8 Å². The molecular weight excluding hydrogens is 374 g/mol. The number of amides is 4. The van der Waals surface area contributed by atoms with Crippen LogP contribution < -0.4 is 9.80 Å². The van der Waals surface area contributed by atoms with E-state index in [9.17, 15) is 14.4 Å². The molecule has 0 unspecified atom stereocenters. The van der Waals surface area contributed by atoms with Crippen LogP contribution >= 0.6 is 22.9 Å². The Hall–Kier alpha value is -2.77. The molecule has 1 aromatic heterocycles. The van der Waals surface area contributed by atoms with Gasteiger partial charge < -0.3 is 0 Å². The number of anilines is 2. The molecule has 1 aliphatic heterocycles. The van der Waals surface area contributed by atoms with Gasteiger partial charge in [-0.3, -0.25) is 9.59 Å². The monoisotopic (exact) mass is 385 g/mol. The first-order chi connectivity index (χ1) is 12.5. The summed E-state index contributed by atoms with van der Waals surface area (Å²) in [6.45, 7) is 1.80. The molecule has 0 aliphatic carbocycles. The van der Waals surface area contributed by atoms with E-state index in [1.54, 1.807) is 43.3 Å². The molecule has 0 N–H and O–H groups in total. The van der Waals surface area contributed by atoms with Gasteiger partial charge in [0.05, 0.1) is 15.9 Å². The molecule has 26 heavy (non-hydrogen) atoms. The number of aromatic nitrogens is 1. The lowest BCUT2D eigenvalue weighted by atomic mass is 10.1. The van der Waals surface area contributed by atoms with Gasteiger partial charge in [0, 0.05) is 5.02 Å². The third-order valence-electron chi connectivity index (χ3n) is 4.07. The summed E-state index contributed by atoms with van der Waals surface area (Å²) in [7, 11) is 0. The number of hydrogen-bond donors (Lipinski definition) is 0. The Balaban J connectivity index is 1.80. The van der Waals surface area contributed by atoms with Crippen LogP contribution in [-0.2, 0) is 9.59 Å². The van der Waals surface area contributed by atoms with E-state index in [2.05, 4.69) is 4.98 Å². The lowest BCUT2D eigenvalue weighted by Gasteiger charge is -2.31. The topological polar surface area (TPSA) is 70.6 Å². The minimum atomic E-state index is -0.717. The average molecular weight is 386 g/mol. The fourth-order valence-corrected chi connectivity index (χ4v) is 4.08. The van der Waals surface area contributed by atoms with Gasteiger partial charge in [0.2, 0.25) is 16.9 Å². The largest absolute Gasteiger partial charge is 0.344 e. The van der Waals surface area contributed by atoms with Crippen molar-refractivity contribution < 1.29 is 14.4 Å². The average Bonchev–Trinajstić information content (AvgIpc) is 2.98. The van der Waals surface area contributed by atoms with Crippen LogP contribution in [0.25, 0.3) is 10.2 Å². The summed E-state index contributed by atoms with van der Waals surface area (Å²) < 4.78 is 0.757. The number of carbonyl (C=O) groups excluding carboxylic acids is 3. The molecule has 2 aromatic carbocycles. The van der Waals surface area contributed by atoms with E-state index >= 15 is 0 Å². The molecule has 0 radical (unpaired) electrons. The zero-order valence-corrected chi connectivity index (χ0v) is 15.2. The number of benzene rings is 2. The predicted molar refractivity (Wildman–Crippen MR) is 101 cm³/mol. The summed E-state index contributed by atoms with van der Waals surface area (Å²) in [6, 6.07) is 11.5. The molecule has 6 nitrogen and oxygen atoms in total. The van der Waals surface area contributed by atoms with E-state index < -0.39 is 24.3 Å². The van der Waals surface area contributed by atoms with Gasteiger partial charge in [-0.25, -0.2) is 19.6 Å². The van der Waals surface area contributed by atoms with Crippen molar-refractivity contribution in [3.63, 3.8) is 0 Å². The molecule has 4 rings (SSSR count). The highest BCUT2D eigenvalue weighted by molar-refractivity contribution is 7.22. The lowest BCUT2D eigenvalue weighted by molar-refractivity contribution is -0.126. The second-order valence-electron chi connectivity index (χ2n) is 5.81. The number of urea groups is 1. The fourth-order valence-electron chi connectivity index (χ4n) is 2.82. The number of nitrogens with zero attached hydrogens (tertiary/aromatic N) is 3. The zero-order chi connectivity index (χ0) is 18.4. The number of fused-ring (bicyclic) bond motifs is 1. The molecule has 1 aliphatic rings. The third kappa shape index (κ3) is 2.65. The van der Waals surface area contributed by atoms with Gasteiger partial charge in [0.15, 0.2) is 0 Å². The number of hydrogen-bond acceptors (Lipinski definition) is 5. The molecule has 8 heteroatoms. The first-order valence-electron chi connectivity index (χ1n) is 7.77. The standard InChI is InChI=1S/C18H12ClN3O3S/c1-10-4-2-3-5-13(10)21-15(23)9-16(24)22(18(21)25)17-20-12-7-6-11(19)8-14(12)26-17/h2-8H,9H2,1H3. The summed E-state index contributed by atoms with van der Waals surface area (Å²) in [4.78, 5) is 44.2. The maximum atomic E-state index is 13.0. The molecule has 0 bridgehead atoms. The van der Waals surface area contributed by atoms with E-state index in [0.29, 0.717) is 16.2 Å². The maximum Gasteiger partial charge on any atom is 0.344 e. The SMILES string of the molecule is Cc1ccccc1N1C(=O)CC(=O)N(c2nc3ccc(Cl)cc3s2)C1=O. The Bertz CT molecular complexity index is 1080. The first-order valence-corrected chi connectivity index (χ1v) is 8.97. The minimum Gasteiger partial charge on any atom is -0.273 e. The van der Waals surface area contributed by atoms with E-state index in [1.165, 1.54) is 11.3 Å². The van der Waals surface area contributed by atoms with Crippen molar-refractivity contribution in [2.75, 3.05) is 9.80 Å². The van der Waals surface area contributed by atoms with Crippen LogP contribution in [0.5, 0.6) is 0 Å². The van der Waals surface area contributed by atoms with Crippen molar-refractivity contribution >= 4 is 61.8 Å². The highest BCUT2D eigenvalue weighted by atomic mass is 35.5. The number of rotatable bonds is 2. The number of aryl methyl sites for hydroxylation is 1. The molecule has 0 saturated carbocycles. The van der Waals surface area contributed by atoms with Crippen LogP contribution in [0.15, 0.2) is 42.5 Å². The quantitative estimate of drug-likeness (QED) is 0.621. The molecule has 4 amide bonds. The Morgan fingerprint density at radius 3 is 2.54 bits per heavy atom. The van der Waals surface area contributed by atoms with Crippen LogP contribution in [0.1, 0.15) is 12.0 Å². The molecule has 130 valence electrons. The fraction of sp³-hybridized carbons (Fsp3) is 0.111. The Kier molecular flexibility index (Phi) is 3.97. The molecule has 1 fully saturated rings. The number of carbonyl (C=O) groups is 3. The van der Waals surface area contributed by atoms with Crippen LogP contribution in [0.2, 0.25) is 5.02 Å². The highest BCUT2D eigenvalue weighted by Gasteiger charge is 2.41. The number of imide groups is 2. The van der Waals surface area contributed by atoms with Crippen molar-refractivity contribution in [3.8, 4) is 0 Å². The summed E-state index contributed by atoms with van der Waals surface area (Å²) >= 11 is 7.17. The van der Waals surface area contributed by atoms with Gasteiger partial charge in [-0.1, -0.05) is 41.1 Å². The second kappa shape index (κ2) is 6.19. The Morgan fingerprint density at radius 2 is 1.77 bits per heavy atom. The molecular formula is C18H12ClN3O3S. The summed E-state index contributed by atoms with van der Waals surface area (Å²) in [5, 5.41) is 0.768. The van der Waals surface area contributed by atoms with Gasteiger partial charge >= 0.3 is 6.03 Å². The molecule has 1 saturated heterocycles. The molecule has 0 spiro atoms. The maximum absolute atomic E-state index is 13.0. The van der Waals surface area contributed by atoms with Gasteiger partial charge in [0.25, 0.3) is 0 Å². The summed E-state index contributed by atoms with van der Waals surface area (Å²) in [5.74, 6) is -1.13. The van der Waals surface area contributed by atoms with Gasteiger partial charge in [0.1, 0.15) is 6.42 Å². The van der Waals surface area contributed by atoms with Gasteiger partial charge in [-0.05, 0) is 36.8 Å². The van der Waals surface area contributed by atoms with E-state index in [1.807, 2.05) is 6.07 Å². The van der Waals surface area contributed by atoms with E-state index in [-0.39, 0.29) is 5.13 Å². The van der Waals surface area contributed by atoms with Crippen LogP contribution in [0.4, 0.5) is 15.6 Å². The van der Waals surface area contributed by atoms with Crippen molar-refractivity contribution in [1.82, 2.24) is 4.98 Å². The Labute approximate surface area is 157 Å². The summed E-state index contributed by atoms with van der Waals surface area (Å²) in [5.41, 5.74) is 1.86. The number of halogens is 1. The minimum absolute atomic E-state index is 0.225. The van der Waals surface area contributed by atoms with Crippen molar-refractivity contribution in [1.29, 1.82) is 0 Å². The zero-order valence-electron chi connectivity index (χ0n) is 13.6. The van der Waals surface area contributed by atoms with Crippen molar-refractivity contribution in [2.24, 2.45) is 0 Å². The lowest BCUT2D eigenvalue weighted by Crippen LogP contribution is -2.55. The van der Waals surface area contributed by atoms with Crippen molar-refractivity contribution in [3.05, 3.63) is 53.1 Å². The highest BCUT2D eigenvalue weighted by Crippen LogP contribution is 2.34. The van der Waals surface area contributed by atoms with Crippen LogP contribution in [0, 0.1) is 6.92 Å². The van der Waals surface area contributed by atoms with Crippen LogP contribution in [0.3, 0.4) is 0 Å². The normalized spacial score (nSPS) is 15.2. The van der Waals surface area contributed by atoms with Gasteiger partial charge in [-0.15, -0.1) is 0 Å². The number of barbiturate groups is 1. The smallest absolute Gasteiger partial charge is 0.273 e. The Morgan fingerprint density at radius 1 is 1.04 bits per heavy atom. The number of thiazole rings is 1.